The van der Waals surface area contributed by atoms with Crippen LogP contribution in [0.5, 0.6) is 0 Å². The predicted octanol–water partition coefficient (Wildman–Crippen LogP) is 3.14. The Kier molecular flexibility index (Phi) is 7.20. The SMILES string of the molecule is Cc1ccc(CCC(=O)NCCOC(=O)Cc2ccc(C)cc2)cc1. The monoisotopic (exact) mass is 339 g/mol. The van der Waals surface area contributed by atoms with Gasteiger partial charge in [-0.25, -0.2) is 0 Å². The largest absolute Gasteiger partial charge is 0.464 e. The van der Waals surface area contributed by atoms with Crippen molar-refractivity contribution in [2.45, 2.75) is 33.1 Å². The summed E-state index contributed by atoms with van der Waals surface area (Å²) in [5, 5.41) is 2.77. The van der Waals surface area contributed by atoms with Gasteiger partial charge in [0.2, 0.25) is 5.91 Å². The number of benzene rings is 2. The highest BCUT2D eigenvalue weighted by atomic mass is 16.5. The van der Waals surface area contributed by atoms with Crippen LogP contribution in [0, 0.1) is 13.8 Å². The lowest BCUT2D eigenvalue weighted by Crippen LogP contribution is -2.28. The molecule has 0 aliphatic carbocycles. The summed E-state index contributed by atoms with van der Waals surface area (Å²) in [4.78, 5) is 23.5. The van der Waals surface area contributed by atoms with E-state index < -0.39 is 0 Å². The van der Waals surface area contributed by atoms with E-state index >= 15 is 0 Å². The molecule has 25 heavy (non-hydrogen) atoms. The van der Waals surface area contributed by atoms with E-state index in [0.29, 0.717) is 19.4 Å². The third-order valence-corrected chi connectivity index (χ3v) is 3.92. The van der Waals surface area contributed by atoms with Crippen LogP contribution in [0.2, 0.25) is 0 Å². The van der Waals surface area contributed by atoms with Crippen LogP contribution in [0.3, 0.4) is 0 Å². The zero-order chi connectivity index (χ0) is 18.1. The van der Waals surface area contributed by atoms with Gasteiger partial charge in [-0.1, -0.05) is 59.7 Å². The first kappa shape index (κ1) is 18.7. The van der Waals surface area contributed by atoms with Gasteiger partial charge < -0.3 is 10.1 Å². The number of rotatable bonds is 8. The molecule has 0 spiro atoms. The fraction of sp³-hybridized carbons (Fsp3) is 0.333. The van der Waals surface area contributed by atoms with Gasteiger partial charge in [-0.2, -0.15) is 0 Å². The Morgan fingerprint density at radius 1 is 0.880 bits per heavy atom. The number of carbonyl (C=O) groups is 2. The van der Waals surface area contributed by atoms with E-state index in [4.69, 9.17) is 4.74 Å². The topological polar surface area (TPSA) is 55.4 Å². The van der Waals surface area contributed by atoms with E-state index in [-0.39, 0.29) is 24.9 Å². The lowest BCUT2D eigenvalue weighted by atomic mass is 10.1. The highest BCUT2D eigenvalue weighted by Gasteiger charge is 2.06. The molecule has 0 bridgehead atoms. The second-order valence-electron chi connectivity index (χ2n) is 6.22. The summed E-state index contributed by atoms with van der Waals surface area (Å²) in [5.74, 6) is -0.312. The molecule has 132 valence electrons. The lowest BCUT2D eigenvalue weighted by molar-refractivity contribution is -0.143. The van der Waals surface area contributed by atoms with Gasteiger partial charge in [-0.15, -0.1) is 0 Å². The zero-order valence-corrected chi connectivity index (χ0v) is 14.9. The maximum atomic E-state index is 11.8. The van der Waals surface area contributed by atoms with Gasteiger partial charge in [-0.05, 0) is 31.4 Å². The van der Waals surface area contributed by atoms with Gasteiger partial charge >= 0.3 is 5.97 Å². The van der Waals surface area contributed by atoms with Gasteiger partial charge in [0.1, 0.15) is 6.61 Å². The Bertz CT molecular complexity index is 690. The number of hydrogen-bond donors (Lipinski definition) is 1. The predicted molar refractivity (Wildman–Crippen MR) is 98.4 cm³/mol. The van der Waals surface area contributed by atoms with Crippen molar-refractivity contribution >= 4 is 11.9 Å². The Balaban J connectivity index is 1.58. The maximum Gasteiger partial charge on any atom is 0.310 e. The van der Waals surface area contributed by atoms with Crippen molar-refractivity contribution in [2.24, 2.45) is 0 Å². The number of carbonyl (C=O) groups excluding carboxylic acids is 2. The Morgan fingerprint density at radius 3 is 2.04 bits per heavy atom. The first-order valence-corrected chi connectivity index (χ1v) is 8.56. The van der Waals surface area contributed by atoms with Crippen molar-refractivity contribution in [1.82, 2.24) is 5.32 Å². The molecular weight excluding hydrogens is 314 g/mol. The minimum Gasteiger partial charge on any atom is -0.464 e. The molecule has 0 unspecified atom stereocenters. The third kappa shape index (κ3) is 7.21. The van der Waals surface area contributed by atoms with Crippen molar-refractivity contribution in [2.75, 3.05) is 13.2 Å². The molecule has 0 heterocycles. The van der Waals surface area contributed by atoms with Crippen molar-refractivity contribution < 1.29 is 14.3 Å². The van der Waals surface area contributed by atoms with Gasteiger partial charge in [0.15, 0.2) is 0 Å². The van der Waals surface area contributed by atoms with E-state index in [1.807, 2.05) is 62.4 Å². The molecule has 1 amide bonds. The molecule has 0 saturated carbocycles. The zero-order valence-electron chi connectivity index (χ0n) is 14.9. The Labute approximate surface area is 149 Å². The molecule has 0 aromatic heterocycles. The average Bonchev–Trinajstić information content (AvgIpc) is 2.60. The molecule has 4 nitrogen and oxygen atoms in total. The highest BCUT2D eigenvalue weighted by Crippen LogP contribution is 2.06. The van der Waals surface area contributed by atoms with Crippen molar-refractivity contribution in [1.29, 1.82) is 0 Å². The molecular formula is C21H25NO3. The number of amides is 1. The second kappa shape index (κ2) is 9.62. The second-order valence-corrected chi connectivity index (χ2v) is 6.22. The first-order chi connectivity index (χ1) is 12.0. The van der Waals surface area contributed by atoms with Crippen molar-refractivity contribution in [3.8, 4) is 0 Å². The molecule has 0 aliphatic rings. The van der Waals surface area contributed by atoms with Crippen molar-refractivity contribution in [3.63, 3.8) is 0 Å². The highest BCUT2D eigenvalue weighted by molar-refractivity contribution is 5.76. The fourth-order valence-corrected chi connectivity index (χ4v) is 2.38. The molecule has 2 aromatic carbocycles. The van der Waals surface area contributed by atoms with E-state index in [9.17, 15) is 9.59 Å². The summed E-state index contributed by atoms with van der Waals surface area (Å²) < 4.78 is 5.15. The summed E-state index contributed by atoms with van der Waals surface area (Å²) in [7, 11) is 0. The Hall–Kier alpha value is -2.62. The van der Waals surface area contributed by atoms with Crippen LogP contribution in [0.1, 0.15) is 28.7 Å². The molecule has 4 heteroatoms. The van der Waals surface area contributed by atoms with Crippen LogP contribution in [-0.2, 0) is 27.2 Å². The van der Waals surface area contributed by atoms with Gasteiger partial charge in [0.25, 0.3) is 0 Å². The van der Waals surface area contributed by atoms with E-state index in [1.54, 1.807) is 0 Å². The lowest BCUT2D eigenvalue weighted by Gasteiger charge is -2.07. The standard InChI is InChI=1S/C21H25NO3/c1-16-3-7-18(8-4-16)11-12-20(23)22-13-14-25-21(24)15-19-9-5-17(2)6-10-19/h3-10H,11-15H2,1-2H3,(H,22,23). The van der Waals surface area contributed by atoms with Crippen LogP contribution in [-0.4, -0.2) is 25.0 Å². The van der Waals surface area contributed by atoms with Crippen molar-refractivity contribution in [3.05, 3.63) is 70.8 Å². The van der Waals surface area contributed by atoms with Crippen LogP contribution < -0.4 is 5.32 Å². The minimum absolute atomic E-state index is 0.0323. The molecule has 0 aliphatic heterocycles. The quantitative estimate of drug-likeness (QED) is 0.594. The van der Waals surface area contributed by atoms with Gasteiger partial charge in [-0.3, -0.25) is 9.59 Å². The number of nitrogens with one attached hydrogen (secondary N) is 1. The smallest absolute Gasteiger partial charge is 0.310 e. The first-order valence-electron chi connectivity index (χ1n) is 8.56. The summed E-state index contributed by atoms with van der Waals surface area (Å²) in [6, 6.07) is 15.9. The molecule has 0 fully saturated rings. The molecule has 0 radical (unpaired) electrons. The maximum absolute atomic E-state index is 11.8. The number of ether oxygens (including phenoxy) is 1. The third-order valence-electron chi connectivity index (χ3n) is 3.92. The fourth-order valence-electron chi connectivity index (χ4n) is 2.38. The van der Waals surface area contributed by atoms with Gasteiger partial charge in [0.05, 0.1) is 13.0 Å². The summed E-state index contributed by atoms with van der Waals surface area (Å²) in [5.41, 5.74) is 4.44. The molecule has 0 atom stereocenters. The average molecular weight is 339 g/mol. The van der Waals surface area contributed by atoms with Crippen LogP contribution in [0.25, 0.3) is 0 Å². The Morgan fingerprint density at radius 2 is 1.44 bits per heavy atom. The molecule has 0 saturated heterocycles. The van der Waals surface area contributed by atoms with E-state index in [2.05, 4.69) is 5.32 Å². The number of hydrogen-bond acceptors (Lipinski definition) is 3. The number of aryl methyl sites for hydroxylation is 3. The van der Waals surface area contributed by atoms with Gasteiger partial charge in [0, 0.05) is 6.42 Å². The molecule has 2 rings (SSSR count). The van der Waals surface area contributed by atoms with E-state index in [1.165, 1.54) is 5.56 Å². The summed E-state index contributed by atoms with van der Waals surface area (Å²) >= 11 is 0. The minimum atomic E-state index is -0.280. The van der Waals surface area contributed by atoms with Crippen LogP contribution in [0.15, 0.2) is 48.5 Å². The molecule has 1 N–H and O–H groups in total. The molecule has 2 aromatic rings. The van der Waals surface area contributed by atoms with E-state index in [0.717, 1.165) is 16.7 Å². The normalized spacial score (nSPS) is 10.3. The van der Waals surface area contributed by atoms with Crippen LogP contribution in [0.4, 0.5) is 0 Å². The van der Waals surface area contributed by atoms with Crippen LogP contribution >= 0.6 is 0 Å². The summed E-state index contributed by atoms with van der Waals surface area (Å²) in [6.45, 7) is 4.58. The number of esters is 1. The summed E-state index contributed by atoms with van der Waals surface area (Å²) in [6.07, 6.45) is 1.39.